The van der Waals surface area contributed by atoms with E-state index in [0.29, 0.717) is 31.0 Å². The Morgan fingerprint density at radius 3 is 2.86 bits per heavy atom. The topological polar surface area (TPSA) is 75.4 Å². The highest BCUT2D eigenvalue weighted by molar-refractivity contribution is 7.89. The monoisotopic (exact) mass is 307 g/mol. The zero-order chi connectivity index (χ0) is 14.9. The summed E-state index contributed by atoms with van der Waals surface area (Å²) >= 11 is 0. The standard InChI is InChI=1S/C14H17N3O3S/c1-11-10-17(9-8-15-11)21(18,19)14-5-3-2-4-12(14)13-6-7-16-20-13/h2-7,11,15H,8-10H2,1H3/t11-/m0/s1. The maximum atomic E-state index is 12.9. The molecule has 0 unspecified atom stereocenters. The fraction of sp³-hybridized carbons (Fsp3) is 0.357. The fourth-order valence-electron chi connectivity index (χ4n) is 2.50. The summed E-state index contributed by atoms with van der Waals surface area (Å²) in [6, 6.07) is 8.66. The quantitative estimate of drug-likeness (QED) is 0.925. The van der Waals surface area contributed by atoms with Crippen molar-refractivity contribution < 1.29 is 12.9 Å². The fourth-order valence-corrected chi connectivity index (χ4v) is 4.23. The van der Waals surface area contributed by atoms with Crippen molar-refractivity contribution >= 4 is 10.0 Å². The molecule has 1 atom stereocenters. The number of nitrogens with zero attached hydrogens (tertiary/aromatic N) is 2. The largest absolute Gasteiger partial charge is 0.356 e. The lowest BCUT2D eigenvalue weighted by molar-refractivity contribution is 0.310. The van der Waals surface area contributed by atoms with Crippen LogP contribution in [-0.4, -0.2) is 43.6 Å². The van der Waals surface area contributed by atoms with Gasteiger partial charge in [0.15, 0.2) is 5.76 Å². The first-order chi connectivity index (χ1) is 10.1. The molecule has 0 aliphatic carbocycles. The predicted octanol–water partition coefficient (Wildman–Crippen LogP) is 1.32. The van der Waals surface area contributed by atoms with E-state index in [-0.39, 0.29) is 10.9 Å². The Balaban J connectivity index is 2.03. The molecule has 6 nitrogen and oxygen atoms in total. The molecule has 1 saturated heterocycles. The van der Waals surface area contributed by atoms with E-state index in [1.54, 1.807) is 30.3 Å². The molecule has 1 aliphatic rings. The number of hydrogen-bond acceptors (Lipinski definition) is 5. The third-order valence-corrected chi connectivity index (χ3v) is 5.46. The molecule has 21 heavy (non-hydrogen) atoms. The molecule has 3 rings (SSSR count). The summed E-state index contributed by atoms with van der Waals surface area (Å²) in [4.78, 5) is 0.260. The van der Waals surface area contributed by atoms with Crippen LogP contribution in [0.4, 0.5) is 0 Å². The first-order valence-electron chi connectivity index (χ1n) is 6.82. The summed E-state index contributed by atoms with van der Waals surface area (Å²) in [6.07, 6.45) is 1.51. The van der Waals surface area contributed by atoms with Crippen LogP contribution in [0.2, 0.25) is 0 Å². The normalized spacial score (nSPS) is 20.5. The van der Waals surface area contributed by atoms with Crippen LogP contribution in [-0.2, 0) is 10.0 Å². The summed E-state index contributed by atoms with van der Waals surface area (Å²) in [5.41, 5.74) is 0.543. The van der Waals surface area contributed by atoms with Gasteiger partial charge in [-0.3, -0.25) is 0 Å². The average Bonchev–Trinajstić information content (AvgIpc) is 3.01. The first kappa shape index (κ1) is 14.2. The van der Waals surface area contributed by atoms with Crippen LogP contribution in [0.1, 0.15) is 6.92 Å². The molecule has 0 bridgehead atoms. The van der Waals surface area contributed by atoms with Crippen LogP contribution < -0.4 is 5.32 Å². The molecule has 2 aromatic rings. The molecule has 1 aromatic carbocycles. The second-order valence-electron chi connectivity index (χ2n) is 5.09. The van der Waals surface area contributed by atoms with Crippen molar-refractivity contribution in [2.24, 2.45) is 0 Å². The molecule has 0 amide bonds. The molecule has 7 heteroatoms. The van der Waals surface area contributed by atoms with Crippen LogP contribution in [0.25, 0.3) is 11.3 Å². The third kappa shape index (κ3) is 2.72. The summed E-state index contributed by atoms with van der Waals surface area (Å²) in [5.74, 6) is 0.456. The van der Waals surface area contributed by atoms with Crippen molar-refractivity contribution in [2.45, 2.75) is 17.9 Å². The highest BCUT2D eigenvalue weighted by Crippen LogP contribution is 2.29. The Kier molecular flexibility index (Phi) is 3.79. The van der Waals surface area contributed by atoms with E-state index in [0.717, 1.165) is 0 Å². The highest BCUT2D eigenvalue weighted by atomic mass is 32.2. The van der Waals surface area contributed by atoms with Gasteiger partial charge in [-0.05, 0) is 19.1 Å². The van der Waals surface area contributed by atoms with Gasteiger partial charge in [0.25, 0.3) is 0 Å². The van der Waals surface area contributed by atoms with E-state index < -0.39 is 10.0 Å². The summed E-state index contributed by atoms with van der Waals surface area (Å²) in [6.45, 7) is 3.57. The molecule has 0 spiro atoms. The van der Waals surface area contributed by atoms with Crippen molar-refractivity contribution in [1.29, 1.82) is 0 Å². The number of rotatable bonds is 3. The SMILES string of the molecule is C[C@H]1CN(S(=O)(=O)c2ccccc2-c2ccno2)CCN1. The maximum Gasteiger partial charge on any atom is 0.243 e. The van der Waals surface area contributed by atoms with E-state index in [2.05, 4.69) is 10.5 Å². The minimum atomic E-state index is -3.55. The Bertz CT molecular complexity index is 713. The molecule has 0 saturated carbocycles. The Hall–Kier alpha value is -1.70. The number of benzene rings is 1. The van der Waals surface area contributed by atoms with Crippen molar-refractivity contribution in [3.63, 3.8) is 0 Å². The zero-order valence-electron chi connectivity index (χ0n) is 11.7. The molecule has 1 aromatic heterocycles. The molecular weight excluding hydrogens is 290 g/mol. The van der Waals surface area contributed by atoms with Crippen LogP contribution in [0, 0.1) is 0 Å². The lowest BCUT2D eigenvalue weighted by Crippen LogP contribution is -2.51. The van der Waals surface area contributed by atoms with Gasteiger partial charge in [0.2, 0.25) is 10.0 Å². The lowest BCUT2D eigenvalue weighted by Gasteiger charge is -2.31. The van der Waals surface area contributed by atoms with Crippen LogP contribution in [0.3, 0.4) is 0 Å². The van der Waals surface area contributed by atoms with Gasteiger partial charge in [-0.1, -0.05) is 17.3 Å². The van der Waals surface area contributed by atoms with Gasteiger partial charge in [-0.25, -0.2) is 8.42 Å². The minimum Gasteiger partial charge on any atom is -0.356 e. The van der Waals surface area contributed by atoms with Crippen LogP contribution in [0.5, 0.6) is 0 Å². The van der Waals surface area contributed by atoms with Crippen LogP contribution in [0.15, 0.2) is 45.9 Å². The van der Waals surface area contributed by atoms with E-state index >= 15 is 0 Å². The third-order valence-electron chi connectivity index (χ3n) is 3.54. The summed E-state index contributed by atoms with van der Waals surface area (Å²) < 4.78 is 32.4. The Labute approximate surface area is 123 Å². The second-order valence-corrected chi connectivity index (χ2v) is 7.00. The van der Waals surface area contributed by atoms with Gasteiger partial charge in [-0.15, -0.1) is 0 Å². The molecule has 2 heterocycles. The van der Waals surface area contributed by atoms with Gasteiger partial charge < -0.3 is 9.84 Å². The zero-order valence-corrected chi connectivity index (χ0v) is 12.5. The molecule has 1 N–H and O–H groups in total. The maximum absolute atomic E-state index is 12.9. The van der Waals surface area contributed by atoms with Crippen molar-refractivity contribution in [3.8, 4) is 11.3 Å². The van der Waals surface area contributed by atoms with Crippen molar-refractivity contribution in [2.75, 3.05) is 19.6 Å². The number of piperazine rings is 1. The van der Waals surface area contributed by atoms with Gasteiger partial charge in [0.1, 0.15) is 0 Å². The molecule has 1 aliphatic heterocycles. The molecule has 1 fully saturated rings. The number of nitrogens with one attached hydrogen (secondary N) is 1. The average molecular weight is 307 g/mol. The van der Waals surface area contributed by atoms with Crippen LogP contribution >= 0.6 is 0 Å². The smallest absolute Gasteiger partial charge is 0.243 e. The van der Waals surface area contributed by atoms with Gasteiger partial charge in [-0.2, -0.15) is 4.31 Å². The van der Waals surface area contributed by atoms with E-state index in [9.17, 15) is 8.42 Å². The molecule has 112 valence electrons. The van der Waals surface area contributed by atoms with Gasteiger partial charge >= 0.3 is 0 Å². The summed E-state index contributed by atoms with van der Waals surface area (Å²) in [7, 11) is -3.55. The first-order valence-corrected chi connectivity index (χ1v) is 8.26. The van der Waals surface area contributed by atoms with E-state index in [1.807, 2.05) is 6.92 Å². The van der Waals surface area contributed by atoms with Gasteiger partial charge in [0.05, 0.1) is 11.1 Å². The number of aromatic nitrogens is 1. The summed E-state index contributed by atoms with van der Waals surface area (Å²) in [5, 5.41) is 6.90. The van der Waals surface area contributed by atoms with E-state index in [1.165, 1.54) is 10.5 Å². The van der Waals surface area contributed by atoms with Crippen molar-refractivity contribution in [1.82, 2.24) is 14.8 Å². The Morgan fingerprint density at radius 1 is 1.33 bits per heavy atom. The van der Waals surface area contributed by atoms with Gasteiger partial charge in [0, 0.05) is 37.3 Å². The highest BCUT2D eigenvalue weighted by Gasteiger charge is 2.30. The molecule has 0 radical (unpaired) electrons. The van der Waals surface area contributed by atoms with E-state index in [4.69, 9.17) is 4.52 Å². The number of sulfonamides is 1. The predicted molar refractivity (Wildman–Crippen MR) is 78.2 cm³/mol. The Morgan fingerprint density at radius 2 is 2.14 bits per heavy atom. The van der Waals surface area contributed by atoms with Crippen molar-refractivity contribution in [3.05, 3.63) is 36.5 Å². The second kappa shape index (κ2) is 5.59. The lowest BCUT2D eigenvalue weighted by atomic mass is 10.2. The minimum absolute atomic E-state index is 0.144. The number of hydrogen-bond donors (Lipinski definition) is 1. The molecular formula is C14H17N3O3S.